The maximum absolute atomic E-state index is 11.5. The van der Waals surface area contributed by atoms with E-state index in [9.17, 15) is 4.79 Å². The lowest BCUT2D eigenvalue weighted by atomic mass is 9.65. The molecule has 3 N–H and O–H groups in total. The minimum atomic E-state index is -0.103. The third kappa shape index (κ3) is 1.67. The van der Waals surface area contributed by atoms with Crippen molar-refractivity contribution in [3.05, 3.63) is 0 Å². The first kappa shape index (κ1) is 10.9. The molecule has 15 heavy (non-hydrogen) atoms. The van der Waals surface area contributed by atoms with Crippen LogP contribution >= 0.6 is 0 Å². The van der Waals surface area contributed by atoms with Crippen LogP contribution in [0.1, 0.15) is 39.0 Å². The van der Waals surface area contributed by atoms with E-state index in [2.05, 4.69) is 12.2 Å². The zero-order valence-electron chi connectivity index (χ0n) is 9.59. The summed E-state index contributed by atoms with van der Waals surface area (Å²) in [7, 11) is 0. The first-order valence-corrected chi connectivity index (χ1v) is 6.20. The maximum Gasteiger partial charge on any atom is 0.222 e. The molecule has 0 bridgehead atoms. The highest BCUT2D eigenvalue weighted by molar-refractivity contribution is 5.78. The Hall–Kier alpha value is -0.570. The molecule has 1 aliphatic carbocycles. The number of primary amides is 1. The fourth-order valence-corrected chi connectivity index (χ4v) is 3.75. The maximum atomic E-state index is 11.5. The summed E-state index contributed by atoms with van der Waals surface area (Å²) in [5, 5.41) is 3.37. The second-order valence-electron chi connectivity index (χ2n) is 5.15. The van der Waals surface area contributed by atoms with E-state index in [-0.39, 0.29) is 17.2 Å². The molecule has 1 heterocycles. The van der Waals surface area contributed by atoms with E-state index in [1.165, 1.54) is 25.7 Å². The molecule has 0 aromatic carbocycles. The molecular weight excluding hydrogens is 188 g/mol. The van der Waals surface area contributed by atoms with Crippen molar-refractivity contribution in [3.63, 3.8) is 0 Å². The topological polar surface area (TPSA) is 55.1 Å². The van der Waals surface area contributed by atoms with Gasteiger partial charge in [-0.1, -0.05) is 19.8 Å². The van der Waals surface area contributed by atoms with Gasteiger partial charge in [0.1, 0.15) is 0 Å². The molecular formula is C12H22N2O. The highest BCUT2D eigenvalue weighted by atomic mass is 16.1. The second-order valence-corrected chi connectivity index (χ2v) is 5.15. The van der Waals surface area contributed by atoms with Gasteiger partial charge in [-0.15, -0.1) is 0 Å². The number of nitrogens with one attached hydrogen (secondary N) is 1. The Morgan fingerprint density at radius 3 is 2.67 bits per heavy atom. The lowest BCUT2D eigenvalue weighted by Gasteiger charge is -2.38. The van der Waals surface area contributed by atoms with Gasteiger partial charge in [-0.25, -0.2) is 0 Å². The summed E-state index contributed by atoms with van der Waals surface area (Å²) in [4.78, 5) is 11.5. The number of amides is 1. The number of hydrogen-bond acceptors (Lipinski definition) is 2. The number of nitrogens with two attached hydrogens (primary N) is 1. The average Bonchev–Trinajstić information content (AvgIpc) is 2.87. The molecule has 0 spiro atoms. The molecule has 2 fully saturated rings. The van der Waals surface area contributed by atoms with Crippen LogP contribution in [0, 0.1) is 17.3 Å². The van der Waals surface area contributed by atoms with E-state index in [1.807, 2.05) is 0 Å². The van der Waals surface area contributed by atoms with Crippen molar-refractivity contribution in [1.82, 2.24) is 5.32 Å². The van der Waals surface area contributed by atoms with Crippen molar-refractivity contribution in [2.75, 3.05) is 13.1 Å². The summed E-state index contributed by atoms with van der Waals surface area (Å²) in [6.07, 6.45) is 6.33. The van der Waals surface area contributed by atoms with Crippen molar-refractivity contribution < 1.29 is 4.79 Å². The molecule has 1 amide bonds. The Morgan fingerprint density at radius 1 is 1.47 bits per heavy atom. The number of rotatable bonds is 3. The van der Waals surface area contributed by atoms with Gasteiger partial charge in [0.25, 0.3) is 0 Å². The fourth-order valence-electron chi connectivity index (χ4n) is 3.75. The van der Waals surface area contributed by atoms with Gasteiger partial charge in [-0.2, -0.15) is 0 Å². The molecule has 1 saturated heterocycles. The van der Waals surface area contributed by atoms with Crippen LogP contribution < -0.4 is 11.1 Å². The largest absolute Gasteiger partial charge is 0.369 e. The zero-order chi connectivity index (χ0) is 10.9. The van der Waals surface area contributed by atoms with Gasteiger partial charge in [-0.3, -0.25) is 4.79 Å². The van der Waals surface area contributed by atoms with Gasteiger partial charge in [0.15, 0.2) is 0 Å². The molecule has 2 atom stereocenters. The Labute approximate surface area is 91.8 Å². The van der Waals surface area contributed by atoms with E-state index >= 15 is 0 Å². The molecule has 1 aliphatic heterocycles. The summed E-state index contributed by atoms with van der Waals surface area (Å²) in [5.74, 6) is 0.675. The summed E-state index contributed by atoms with van der Waals surface area (Å²) < 4.78 is 0. The lowest BCUT2D eigenvalue weighted by Crippen LogP contribution is -2.42. The van der Waals surface area contributed by atoms with Gasteiger partial charge in [0, 0.05) is 13.1 Å². The smallest absolute Gasteiger partial charge is 0.222 e. The summed E-state index contributed by atoms with van der Waals surface area (Å²) in [6, 6.07) is 0. The van der Waals surface area contributed by atoms with Crippen molar-refractivity contribution in [2.24, 2.45) is 23.0 Å². The standard InChI is InChI=1S/C12H22N2O/c1-2-12(9-5-3-4-6-9)8-14-7-10(12)11(13)15/h9-10,14H,2-8H2,1H3,(H2,13,15). The molecule has 0 aromatic heterocycles. The van der Waals surface area contributed by atoms with Gasteiger partial charge >= 0.3 is 0 Å². The SMILES string of the molecule is CCC1(C2CCCC2)CNCC1C(N)=O. The summed E-state index contributed by atoms with van der Waals surface area (Å²) in [6.45, 7) is 3.99. The first-order valence-electron chi connectivity index (χ1n) is 6.20. The summed E-state index contributed by atoms with van der Waals surface area (Å²) in [5.41, 5.74) is 5.71. The number of hydrogen-bond donors (Lipinski definition) is 2. The van der Waals surface area contributed by atoms with Crippen LogP contribution in [0.5, 0.6) is 0 Å². The zero-order valence-corrected chi connectivity index (χ0v) is 9.59. The van der Waals surface area contributed by atoms with Crippen LogP contribution in [-0.4, -0.2) is 19.0 Å². The van der Waals surface area contributed by atoms with Gasteiger partial charge in [-0.05, 0) is 30.6 Å². The fraction of sp³-hybridized carbons (Fsp3) is 0.917. The van der Waals surface area contributed by atoms with E-state index < -0.39 is 0 Å². The second kappa shape index (κ2) is 4.12. The van der Waals surface area contributed by atoms with Gasteiger partial charge in [0.05, 0.1) is 5.92 Å². The van der Waals surface area contributed by atoms with Crippen molar-refractivity contribution in [1.29, 1.82) is 0 Å². The Balaban J connectivity index is 2.21. The van der Waals surface area contributed by atoms with Gasteiger partial charge in [0.2, 0.25) is 5.91 Å². The van der Waals surface area contributed by atoms with E-state index in [4.69, 9.17) is 5.73 Å². The monoisotopic (exact) mass is 210 g/mol. The van der Waals surface area contributed by atoms with E-state index in [0.717, 1.165) is 25.4 Å². The molecule has 0 aromatic rings. The molecule has 1 saturated carbocycles. The Kier molecular flexibility index (Phi) is 3.01. The molecule has 86 valence electrons. The molecule has 2 aliphatic rings. The normalized spacial score (nSPS) is 37.3. The number of carbonyl (C=O) groups is 1. The third-order valence-electron chi connectivity index (χ3n) is 4.67. The summed E-state index contributed by atoms with van der Waals surface area (Å²) >= 11 is 0. The first-order chi connectivity index (χ1) is 7.20. The van der Waals surface area contributed by atoms with E-state index in [1.54, 1.807) is 0 Å². The Bertz CT molecular complexity index is 248. The van der Waals surface area contributed by atoms with Crippen LogP contribution in [0.3, 0.4) is 0 Å². The van der Waals surface area contributed by atoms with Crippen molar-refractivity contribution in [2.45, 2.75) is 39.0 Å². The average molecular weight is 210 g/mol. The quantitative estimate of drug-likeness (QED) is 0.737. The molecule has 3 heteroatoms. The highest BCUT2D eigenvalue weighted by Gasteiger charge is 2.49. The minimum Gasteiger partial charge on any atom is -0.369 e. The van der Waals surface area contributed by atoms with E-state index in [0.29, 0.717) is 0 Å². The van der Waals surface area contributed by atoms with Crippen molar-refractivity contribution >= 4 is 5.91 Å². The molecule has 2 rings (SSSR count). The third-order valence-corrected chi connectivity index (χ3v) is 4.67. The van der Waals surface area contributed by atoms with Crippen molar-refractivity contribution in [3.8, 4) is 0 Å². The highest BCUT2D eigenvalue weighted by Crippen LogP contribution is 2.48. The Morgan fingerprint density at radius 2 is 2.13 bits per heavy atom. The van der Waals surface area contributed by atoms with Crippen LogP contribution in [0.4, 0.5) is 0 Å². The predicted octanol–water partition coefficient (Wildman–Crippen LogP) is 1.28. The predicted molar refractivity (Wildman–Crippen MR) is 60.2 cm³/mol. The van der Waals surface area contributed by atoms with Crippen LogP contribution in [-0.2, 0) is 4.79 Å². The lowest BCUT2D eigenvalue weighted by molar-refractivity contribution is -0.125. The van der Waals surface area contributed by atoms with Crippen LogP contribution in [0.15, 0.2) is 0 Å². The molecule has 3 nitrogen and oxygen atoms in total. The molecule has 0 radical (unpaired) electrons. The van der Waals surface area contributed by atoms with Crippen LogP contribution in [0.2, 0.25) is 0 Å². The minimum absolute atomic E-state index is 0.0607. The van der Waals surface area contributed by atoms with Crippen LogP contribution in [0.25, 0.3) is 0 Å². The molecule has 2 unspecified atom stereocenters. The van der Waals surface area contributed by atoms with Gasteiger partial charge < -0.3 is 11.1 Å². The number of carbonyl (C=O) groups excluding carboxylic acids is 1.